The maximum Gasteiger partial charge on any atom is 0.325 e. The van der Waals surface area contributed by atoms with E-state index in [0.29, 0.717) is 28.4 Å². The van der Waals surface area contributed by atoms with E-state index in [1.165, 1.54) is 0 Å². The van der Waals surface area contributed by atoms with Crippen molar-refractivity contribution in [3.63, 3.8) is 0 Å². The molecule has 10 nitrogen and oxygen atoms in total. The highest BCUT2D eigenvalue weighted by molar-refractivity contribution is 6.10. The Balaban J connectivity index is 1.53. The lowest BCUT2D eigenvalue weighted by atomic mass is 9.91. The number of aromatic nitrogens is 2. The zero-order valence-corrected chi connectivity index (χ0v) is 16.5. The van der Waals surface area contributed by atoms with Gasteiger partial charge in [-0.1, -0.05) is 6.07 Å². The number of hydrogen-bond donors (Lipinski definition) is 2. The van der Waals surface area contributed by atoms with Crippen LogP contribution in [0.5, 0.6) is 11.5 Å². The summed E-state index contributed by atoms with van der Waals surface area (Å²) in [7, 11) is 1.77. The number of hydrogen-bond acceptors (Lipinski definition) is 6. The van der Waals surface area contributed by atoms with Crippen LogP contribution < -0.4 is 20.1 Å². The molecule has 1 aromatic carbocycles. The summed E-state index contributed by atoms with van der Waals surface area (Å²) in [4.78, 5) is 38.9. The Kier molecular flexibility index (Phi) is 4.21. The topological polar surface area (TPSA) is 115 Å². The van der Waals surface area contributed by atoms with Crippen molar-refractivity contribution < 1.29 is 23.9 Å². The van der Waals surface area contributed by atoms with Crippen LogP contribution >= 0.6 is 0 Å². The summed E-state index contributed by atoms with van der Waals surface area (Å²) in [5.74, 6) is 0.0795. The number of anilines is 1. The third-order valence-electron chi connectivity index (χ3n) is 5.30. The van der Waals surface area contributed by atoms with Gasteiger partial charge in [0, 0.05) is 7.05 Å². The first-order chi connectivity index (χ1) is 13.7. The summed E-state index contributed by atoms with van der Waals surface area (Å²) in [5.41, 5.74) is 1.24. The lowest BCUT2D eigenvalue weighted by Crippen LogP contribution is -2.42. The smallest absolute Gasteiger partial charge is 0.325 e. The van der Waals surface area contributed by atoms with E-state index in [2.05, 4.69) is 15.7 Å². The minimum absolute atomic E-state index is 0.106. The predicted molar refractivity (Wildman–Crippen MR) is 101 cm³/mol. The monoisotopic (exact) mass is 399 g/mol. The quantitative estimate of drug-likeness (QED) is 0.746. The Bertz CT molecular complexity index is 1050. The fourth-order valence-electron chi connectivity index (χ4n) is 3.52. The van der Waals surface area contributed by atoms with Crippen LogP contribution in [0, 0.1) is 13.8 Å². The molecule has 152 valence electrons. The molecule has 0 aliphatic carbocycles. The maximum absolute atomic E-state index is 13.0. The van der Waals surface area contributed by atoms with Gasteiger partial charge in [-0.25, -0.2) is 4.79 Å². The number of nitrogens with zero attached hydrogens (tertiary/aromatic N) is 3. The van der Waals surface area contributed by atoms with Crippen molar-refractivity contribution in [2.45, 2.75) is 26.3 Å². The number of aryl methyl sites for hydroxylation is 2. The molecule has 10 heteroatoms. The molecular weight excluding hydrogens is 378 g/mol. The minimum Gasteiger partial charge on any atom is -0.454 e. The Morgan fingerprint density at radius 2 is 2.00 bits per heavy atom. The van der Waals surface area contributed by atoms with Crippen molar-refractivity contribution in [2.75, 3.05) is 18.7 Å². The fraction of sp³-hybridized carbons (Fsp3) is 0.368. The molecule has 0 unspecified atom stereocenters. The lowest BCUT2D eigenvalue weighted by molar-refractivity contribution is -0.133. The highest BCUT2D eigenvalue weighted by Gasteiger charge is 2.50. The SMILES string of the molecule is Cc1nn(C)c(C)c1NC(=O)CN1C(=O)N[C@](C)(c2ccc3c(c2)OCO3)C1=O. The summed E-state index contributed by atoms with van der Waals surface area (Å²) in [5, 5.41) is 9.65. The van der Waals surface area contributed by atoms with Crippen molar-refractivity contribution in [1.29, 1.82) is 0 Å². The molecule has 2 aliphatic heterocycles. The Hall–Kier alpha value is -3.56. The van der Waals surface area contributed by atoms with Crippen molar-refractivity contribution in [3.05, 3.63) is 35.2 Å². The summed E-state index contributed by atoms with van der Waals surface area (Å²) in [6, 6.07) is 4.40. The highest BCUT2D eigenvalue weighted by atomic mass is 16.7. The van der Waals surface area contributed by atoms with Crippen LogP contribution in [0.2, 0.25) is 0 Å². The van der Waals surface area contributed by atoms with Crippen LogP contribution in [0.15, 0.2) is 18.2 Å². The van der Waals surface area contributed by atoms with Gasteiger partial charge in [0.05, 0.1) is 17.1 Å². The molecule has 0 spiro atoms. The van der Waals surface area contributed by atoms with Gasteiger partial charge in [-0.15, -0.1) is 0 Å². The molecule has 1 atom stereocenters. The number of nitrogens with one attached hydrogen (secondary N) is 2. The predicted octanol–water partition coefficient (Wildman–Crippen LogP) is 1.17. The molecule has 2 aliphatic rings. The Morgan fingerprint density at radius 3 is 2.69 bits per heavy atom. The first kappa shape index (κ1) is 18.8. The van der Waals surface area contributed by atoms with Crippen LogP contribution in [0.25, 0.3) is 0 Å². The van der Waals surface area contributed by atoms with Crippen LogP contribution in [-0.2, 0) is 22.2 Å². The van der Waals surface area contributed by atoms with Crippen LogP contribution in [-0.4, -0.2) is 45.9 Å². The van der Waals surface area contributed by atoms with Gasteiger partial charge in [0.25, 0.3) is 5.91 Å². The van der Waals surface area contributed by atoms with E-state index in [0.717, 1.165) is 10.6 Å². The first-order valence-corrected chi connectivity index (χ1v) is 9.05. The Labute approximate surface area is 166 Å². The van der Waals surface area contributed by atoms with Gasteiger partial charge in [0.15, 0.2) is 11.5 Å². The van der Waals surface area contributed by atoms with Crippen LogP contribution in [0.3, 0.4) is 0 Å². The third kappa shape index (κ3) is 2.96. The van der Waals surface area contributed by atoms with Crippen LogP contribution in [0.4, 0.5) is 10.5 Å². The van der Waals surface area contributed by atoms with Gasteiger partial charge >= 0.3 is 6.03 Å². The summed E-state index contributed by atoms with van der Waals surface area (Å²) in [6.07, 6.45) is 0. The third-order valence-corrected chi connectivity index (χ3v) is 5.30. The molecule has 4 amide bonds. The van der Waals surface area contributed by atoms with Crippen molar-refractivity contribution in [2.24, 2.45) is 7.05 Å². The largest absolute Gasteiger partial charge is 0.454 e. The van der Waals surface area contributed by atoms with E-state index in [1.54, 1.807) is 43.8 Å². The van der Waals surface area contributed by atoms with Crippen molar-refractivity contribution in [1.82, 2.24) is 20.0 Å². The lowest BCUT2D eigenvalue weighted by Gasteiger charge is -2.22. The number of amides is 4. The summed E-state index contributed by atoms with van der Waals surface area (Å²) in [6.45, 7) is 4.89. The zero-order chi connectivity index (χ0) is 20.9. The average molecular weight is 399 g/mol. The molecule has 1 fully saturated rings. The number of fused-ring (bicyclic) bond motifs is 1. The fourth-order valence-corrected chi connectivity index (χ4v) is 3.52. The van der Waals surface area contributed by atoms with E-state index >= 15 is 0 Å². The molecule has 2 N–H and O–H groups in total. The number of ether oxygens (including phenoxy) is 2. The maximum atomic E-state index is 13.0. The molecular formula is C19H21N5O5. The number of rotatable bonds is 4. The van der Waals surface area contributed by atoms with Crippen molar-refractivity contribution >= 4 is 23.5 Å². The van der Waals surface area contributed by atoms with E-state index in [1.807, 2.05) is 6.92 Å². The number of urea groups is 1. The molecule has 1 aromatic heterocycles. The molecule has 29 heavy (non-hydrogen) atoms. The molecule has 1 saturated heterocycles. The van der Waals surface area contributed by atoms with Gasteiger partial charge in [-0.05, 0) is 38.5 Å². The molecule has 4 rings (SSSR count). The molecule has 2 aromatic rings. The number of carbonyl (C=O) groups is 3. The summed E-state index contributed by atoms with van der Waals surface area (Å²) < 4.78 is 12.3. The highest BCUT2D eigenvalue weighted by Crippen LogP contribution is 2.37. The van der Waals surface area contributed by atoms with Gasteiger partial charge < -0.3 is 20.1 Å². The molecule has 0 bridgehead atoms. The minimum atomic E-state index is -1.31. The van der Waals surface area contributed by atoms with Gasteiger partial charge in [-0.3, -0.25) is 19.2 Å². The van der Waals surface area contributed by atoms with Gasteiger partial charge in [-0.2, -0.15) is 5.10 Å². The second kappa shape index (κ2) is 6.50. The average Bonchev–Trinajstić information content (AvgIpc) is 3.30. The second-order valence-electron chi connectivity index (χ2n) is 7.23. The summed E-state index contributed by atoms with van der Waals surface area (Å²) >= 11 is 0. The molecule has 0 radical (unpaired) electrons. The Morgan fingerprint density at radius 1 is 1.28 bits per heavy atom. The first-order valence-electron chi connectivity index (χ1n) is 9.05. The standard InChI is InChI=1S/C19H21N5O5/c1-10-16(11(2)23(4)22-10)20-15(25)8-24-17(26)19(3,21-18(24)27)12-5-6-13-14(7-12)29-9-28-13/h5-7H,8-9H2,1-4H3,(H,20,25)(H,21,27)/t19-/m1/s1. The zero-order valence-electron chi connectivity index (χ0n) is 16.5. The van der Waals surface area contributed by atoms with E-state index in [9.17, 15) is 14.4 Å². The van der Waals surface area contributed by atoms with Crippen LogP contribution in [0.1, 0.15) is 23.9 Å². The van der Waals surface area contributed by atoms with Gasteiger partial charge in [0.2, 0.25) is 12.7 Å². The van der Waals surface area contributed by atoms with Crippen molar-refractivity contribution in [3.8, 4) is 11.5 Å². The molecule has 0 saturated carbocycles. The second-order valence-corrected chi connectivity index (χ2v) is 7.23. The number of imide groups is 1. The molecule has 3 heterocycles. The number of carbonyl (C=O) groups excluding carboxylic acids is 3. The van der Waals surface area contributed by atoms with E-state index < -0.39 is 29.9 Å². The normalized spacial score (nSPS) is 20.2. The van der Waals surface area contributed by atoms with E-state index in [-0.39, 0.29) is 6.79 Å². The van der Waals surface area contributed by atoms with Gasteiger partial charge in [0.1, 0.15) is 12.1 Å². The van der Waals surface area contributed by atoms with E-state index in [4.69, 9.17) is 9.47 Å². The number of benzene rings is 1.